The summed E-state index contributed by atoms with van der Waals surface area (Å²) in [6.45, 7) is 4.10. The number of carbonyl (C=O) groups excluding carboxylic acids is 1. The van der Waals surface area contributed by atoms with Crippen molar-refractivity contribution >= 4 is 34.5 Å². The minimum absolute atomic E-state index is 0.0866. The highest BCUT2D eigenvalue weighted by atomic mass is 32.2. The number of fused-ring (bicyclic) bond motifs is 1. The van der Waals surface area contributed by atoms with Crippen LogP contribution in [0.1, 0.15) is 28.9 Å². The van der Waals surface area contributed by atoms with Gasteiger partial charge in [-0.3, -0.25) is 4.79 Å². The average Bonchev–Trinajstić information content (AvgIpc) is 3.23. The zero-order valence-electron chi connectivity index (χ0n) is 16.2. The molecular formula is C22H21N5OS. The Morgan fingerprint density at radius 1 is 1.10 bits per heavy atom. The third kappa shape index (κ3) is 4.00. The summed E-state index contributed by atoms with van der Waals surface area (Å²) in [4.78, 5) is 29.2. The van der Waals surface area contributed by atoms with Crippen molar-refractivity contribution < 1.29 is 4.79 Å². The number of para-hydroxylation sites is 1. The molecule has 0 aliphatic heterocycles. The van der Waals surface area contributed by atoms with Gasteiger partial charge in [0, 0.05) is 5.69 Å². The molecule has 0 saturated heterocycles. The Labute approximate surface area is 173 Å². The molecule has 0 aliphatic rings. The molecule has 29 heavy (non-hydrogen) atoms. The number of hydrogen-bond acceptors (Lipinski definition) is 5. The fourth-order valence-electron chi connectivity index (χ4n) is 3.24. The molecule has 2 heterocycles. The number of hydrogen-bond donors (Lipinski definition) is 2. The maximum atomic E-state index is 13.4. The number of aromatic nitrogens is 4. The third-order valence-corrected chi connectivity index (χ3v) is 6.00. The smallest absolute Gasteiger partial charge is 0.242 e. The van der Waals surface area contributed by atoms with E-state index in [2.05, 4.69) is 32.2 Å². The molecule has 2 N–H and O–H groups in total. The first-order valence-electron chi connectivity index (χ1n) is 9.42. The van der Waals surface area contributed by atoms with Gasteiger partial charge < -0.3 is 10.3 Å². The van der Waals surface area contributed by atoms with Crippen molar-refractivity contribution in [1.29, 1.82) is 0 Å². The van der Waals surface area contributed by atoms with E-state index < -0.39 is 5.25 Å². The maximum Gasteiger partial charge on any atom is 0.242 e. The van der Waals surface area contributed by atoms with Gasteiger partial charge >= 0.3 is 0 Å². The first-order valence-corrected chi connectivity index (χ1v) is 10.3. The van der Waals surface area contributed by atoms with E-state index in [4.69, 9.17) is 0 Å². The Bertz CT molecular complexity index is 1140. The van der Waals surface area contributed by atoms with Gasteiger partial charge in [0.05, 0.1) is 6.33 Å². The van der Waals surface area contributed by atoms with Crippen LogP contribution in [0.15, 0.2) is 66.2 Å². The summed E-state index contributed by atoms with van der Waals surface area (Å²) in [5.74, 6) is -0.0866. The molecule has 2 aromatic carbocycles. The number of imidazole rings is 1. The quantitative estimate of drug-likeness (QED) is 0.360. The first kappa shape index (κ1) is 19.1. The number of anilines is 1. The summed E-state index contributed by atoms with van der Waals surface area (Å²) in [5.41, 5.74) is 5.28. The second-order valence-corrected chi connectivity index (χ2v) is 7.73. The minimum Gasteiger partial charge on any atom is -0.341 e. The highest BCUT2D eigenvalue weighted by Gasteiger charge is 2.25. The zero-order chi connectivity index (χ0) is 20.2. The molecule has 146 valence electrons. The van der Waals surface area contributed by atoms with Crippen LogP contribution in [0.25, 0.3) is 11.2 Å². The number of thioether (sulfide) groups is 1. The standard InChI is InChI=1S/C22H21N5OS/c1-3-15-11-7-8-14(2)17(15)27-21(28)19(16-9-5-4-6-10-16)29-22-18-20(24-12-23-18)25-13-26-22/h4-13,19H,3H2,1-2H3,(H,27,28)(H,23,24,25,26)/t19-/m0/s1. The SMILES string of the molecule is CCc1cccc(C)c1NC(=O)[C@@H](Sc1ncnc2nc[nH]c12)c1ccccc1. The van der Waals surface area contributed by atoms with Crippen LogP contribution in [-0.2, 0) is 11.2 Å². The van der Waals surface area contributed by atoms with E-state index in [0.717, 1.165) is 34.3 Å². The molecule has 0 radical (unpaired) electrons. The second-order valence-electron chi connectivity index (χ2n) is 6.64. The minimum atomic E-state index is -0.470. The molecule has 1 atom stereocenters. The molecule has 0 aliphatic carbocycles. The van der Waals surface area contributed by atoms with Crippen LogP contribution >= 0.6 is 11.8 Å². The number of nitrogens with zero attached hydrogens (tertiary/aromatic N) is 3. The highest BCUT2D eigenvalue weighted by Crippen LogP contribution is 2.37. The number of carbonyl (C=O) groups is 1. The van der Waals surface area contributed by atoms with Crippen molar-refractivity contribution in [1.82, 2.24) is 19.9 Å². The van der Waals surface area contributed by atoms with Gasteiger partial charge in [0.1, 0.15) is 22.1 Å². The number of aryl methyl sites for hydroxylation is 2. The summed E-state index contributed by atoms with van der Waals surface area (Å²) in [5, 5.41) is 3.38. The topological polar surface area (TPSA) is 83.6 Å². The molecule has 2 aromatic heterocycles. The summed E-state index contributed by atoms with van der Waals surface area (Å²) in [6, 6.07) is 15.8. The Kier molecular flexibility index (Phi) is 5.57. The summed E-state index contributed by atoms with van der Waals surface area (Å²) in [7, 11) is 0. The van der Waals surface area contributed by atoms with E-state index in [1.165, 1.54) is 18.1 Å². The van der Waals surface area contributed by atoms with Crippen LogP contribution in [0.5, 0.6) is 0 Å². The summed E-state index contributed by atoms with van der Waals surface area (Å²) >= 11 is 1.39. The number of rotatable bonds is 6. The maximum absolute atomic E-state index is 13.4. The van der Waals surface area contributed by atoms with Crippen LogP contribution in [0.2, 0.25) is 0 Å². The third-order valence-electron chi connectivity index (χ3n) is 4.75. The van der Waals surface area contributed by atoms with Crippen molar-refractivity contribution in [2.75, 3.05) is 5.32 Å². The van der Waals surface area contributed by atoms with Crippen molar-refractivity contribution in [3.8, 4) is 0 Å². The van der Waals surface area contributed by atoms with Crippen LogP contribution < -0.4 is 5.32 Å². The highest BCUT2D eigenvalue weighted by molar-refractivity contribution is 8.00. The van der Waals surface area contributed by atoms with E-state index in [9.17, 15) is 4.79 Å². The second kappa shape index (κ2) is 8.45. The van der Waals surface area contributed by atoms with Gasteiger partial charge in [-0.25, -0.2) is 15.0 Å². The number of benzene rings is 2. The van der Waals surface area contributed by atoms with Crippen molar-refractivity contribution in [3.05, 3.63) is 77.9 Å². The molecular weight excluding hydrogens is 382 g/mol. The lowest BCUT2D eigenvalue weighted by Gasteiger charge is -2.19. The van der Waals surface area contributed by atoms with Gasteiger partial charge in [-0.05, 0) is 30.0 Å². The Hall–Kier alpha value is -3.19. The fraction of sp³-hybridized carbons (Fsp3) is 0.182. The van der Waals surface area contributed by atoms with Crippen molar-refractivity contribution in [2.45, 2.75) is 30.5 Å². The predicted molar refractivity (Wildman–Crippen MR) is 116 cm³/mol. The average molecular weight is 404 g/mol. The van der Waals surface area contributed by atoms with Crippen LogP contribution in [0.3, 0.4) is 0 Å². The van der Waals surface area contributed by atoms with E-state index >= 15 is 0 Å². The van der Waals surface area contributed by atoms with Gasteiger partial charge in [-0.1, -0.05) is 67.2 Å². The molecule has 4 aromatic rings. The molecule has 0 bridgehead atoms. The molecule has 4 rings (SSSR count). The van der Waals surface area contributed by atoms with E-state index in [1.54, 1.807) is 6.33 Å². The van der Waals surface area contributed by atoms with Crippen molar-refractivity contribution in [2.24, 2.45) is 0 Å². The van der Waals surface area contributed by atoms with Gasteiger partial charge in [0.2, 0.25) is 5.91 Å². The summed E-state index contributed by atoms with van der Waals surface area (Å²) < 4.78 is 0. The van der Waals surface area contributed by atoms with Gasteiger partial charge in [-0.15, -0.1) is 0 Å². The lowest BCUT2D eigenvalue weighted by atomic mass is 10.1. The van der Waals surface area contributed by atoms with Gasteiger partial charge in [-0.2, -0.15) is 0 Å². The van der Waals surface area contributed by atoms with Crippen LogP contribution in [0, 0.1) is 6.92 Å². The molecule has 0 spiro atoms. The lowest BCUT2D eigenvalue weighted by Crippen LogP contribution is -2.20. The molecule has 6 nitrogen and oxygen atoms in total. The van der Waals surface area contributed by atoms with Gasteiger partial charge in [0.15, 0.2) is 5.65 Å². The molecule has 0 unspecified atom stereocenters. The zero-order valence-corrected chi connectivity index (χ0v) is 17.0. The van der Waals surface area contributed by atoms with E-state index in [-0.39, 0.29) is 5.91 Å². The van der Waals surface area contributed by atoms with Crippen LogP contribution in [0.4, 0.5) is 5.69 Å². The lowest BCUT2D eigenvalue weighted by molar-refractivity contribution is -0.115. The Morgan fingerprint density at radius 2 is 1.93 bits per heavy atom. The van der Waals surface area contributed by atoms with Gasteiger partial charge in [0.25, 0.3) is 0 Å². The monoisotopic (exact) mass is 403 g/mol. The number of nitrogens with one attached hydrogen (secondary N) is 2. The van der Waals surface area contributed by atoms with E-state index in [0.29, 0.717) is 10.7 Å². The fourth-order valence-corrected chi connectivity index (χ4v) is 4.29. The molecule has 0 fully saturated rings. The first-order chi connectivity index (χ1) is 14.2. The Morgan fingerprint density at radius 3 is 2.72 bits per heavy atom. The van der Waals surface area contributed by atoms with Crippen LogP contribution in [-0.4, -0.2) is 25.8 Å². The largest absolute Gasteiger partial charge is 0.341 e. The Balaban J connectivity index is 1.70. The van der Waals surface area contributed by atoms with Crippen molar-refractivity contribution in [3.63, 3.8) is 0 Å². The normalized spacial score (nSPS) is 12.1. The molecule has 7 heteroatoms. The van der Waals surface area contributed by atoms with E-state index in [1.807, 2.05) is 55.5 Å². The number of amides is 1. The predicted octanol–water partition coefficient (Wildman–Crippen LogP) is 4.70. The number of aromatic amines is 1. The summed E-state index contributed by atoms with van der Waals surface area (Å²) in [6.07, 6.45) is 3.91. The molecule has 0 saturated carbocycles. The molecule has 1 amide bonds. The number of H-pyrrole nitrogens is 1.